The first-order valence-electron chi connectivity index (χ1n) is 8.96. The average molecular weight is 359 g/mol. The first kappa shape index (κ1) is 18.4. The third-order valence-corrected chi connectivity index (χ3v) is 4.51. The summed E-state index contributed by atoms with van der Waals surface area (Å²) in [4.78, 5) is 26.5. The molecule has 0 bridgehead atoms. The summed E-state index contributed by atoms with van der Waals surface area (Å²) < 4.78 is 0. The summed E-state index contributed by atoms with van der Waals surface area (Å²) in [7, 11) is 0. The predicted molar refractivity (Wildman–Crippen MR) is 105 cm³/mol. The van der Waals surface area contributed by atoms with Crippen LogP contribution in [0.1, 0.15) is 34.3 Å². The zero-order chi connectivity index (χ0) is 19.2. The van der Waals surface area contributed by atoms with Crippen LogP contribution in [0.3, 0.4) is 0 Å². The second-order valence-corrected chi connectivity index (χ2v) is 6.61. The monoisotopic (exact) mass is 359 g/mol. The SMILES string of the molecule is Cc1ccc(C(=O)Nc2cccc(/C=C(\C#N)C(=O)N3CCCC3)c2)cc1. The van der Waals surface area contributed by atoms with Gasteiger partial charge in [0, 0.05) is 24.3 Å². The Morgan fingerprint density at radius 1 is 1.11 bits per heavy atom. The lowest BCUT2D eigenvalue weighted by atomic mass is 10.1. The van der Waals surface area contributed by atoms with Crippen LogP contribution < -0.4 is 5.32 Å². The average Bonchev–Trinajstić information content (AvgIpc) is 3.21. The number of nitrogens with one attached hydrogen (secondary N) is 1. The second kappa shape index (κ2) is 8.33. The van der Waals surface area contributed by atoms with E-state index in [4.69, 9.17) is 0 Å². The molecule has 0 saturated carbocycles. The molecule has 2 amide bonds. The molecular formula is C22H21N3O2. The number of likely N-dealkylation sites (tertiary alicyclic amines) is 1. The number of nitriles is 1. The number of nitrogens with zero attached hydrogens (tertiary/aromatic N) is 2. The van der Waals surface area contributed by atoms with E-state index in [9.17, 15) is 14.9 Å². The van der Waals surface area contributed by atoms with Crippen LogP contribution in [0.5, 0.6) is 0 Å². The van der Waals surface area contributed by atoms with Crippen LogP contribution in [0.15, 0.2) is 54.1 Å². The maximum atomic E-state index is 12.4. The van der Waals surface area contributed by atoms with E-state index in [2.05, 4.69) is 5.32 Å². The van der Waals surface area contributed by atoms with E-state index in [-0.39, 0.29) is 17.4 Å². The molecule has 5 heteroatoms. The van der Waals surface area contributed by atoms with Crippen molar-refractivity contribution >= 4 is 23.6 Å². The number of aryl methyl sites for hydroxylation is 1. The molecule has 3 rings (SSSR count). The first-order chi connectivity index (χ1) is 13.1. The van der Waals surface area contributed by atoms with E-state index in [1.165, 1.54) is 0 Å². The number of carbonyl (C=O) groups is 2. The highest BCUT2D eigenvalue weighted by atomic mass is 16.2. The maximum absolute atomic E-state index is 12.4. The molecule has 1 heterocycles. The molecule has 0 unspecified atom stereocenters. The lowest BCUT2D eigenvalue weighted by Crippen LogP contribution is -2.28. The summed E-state index contributed by atoms with van der Waals surface area (Å²) in [6.07, 6.45) is 3.53. The van der Waals surface area contributed by atoms with Crippen molar-refractivity contribution < 1.29 is 9.59 Å². The Labute approximate surface area is 158 Å². The van der Waals surface area contributed by atoms with Crippen molar-refractivity contribution in [3.05, 3.63) is 70.8 Å². The molecule has 0 radical (unpaired) electrons. The summed E-state index contributed by atoms with van der Waals surface area (Å²) in [5, 5.41) is 12.2. The molecule has 1 fully saturated rings. The molecule has 0 spiro atoms. The third kappa shape index (κ3) is 4.62. The van der Waals surface area contributed by atoms with Gasteiger partial charge in [-0.15, -0.1) is 0 Å². The third-order valence-electron chi connectivity index (χ3n) is 4.51. The van der Waals surface area contributed by atoms with E-state index in [0.717, 1.165) is 18.4 Å². The fourth-order valence-electron chi connectivity index (χ4n) is 3.01. The van der Waals surface area contributed by atoms with E-state index in [0.29, 0.717) is 29.9 Å². The molecule has 5 nitrogen and oxygen atoms in total. The van der Waals surface area contributed by atoms with Gasteiger partial charge in [-0.2, -0.15) is 5.26 Å². The molecule has 1 saturated heterocycles. The Morgan fingerprint density at radius 2 is 1.81 bits per heavy atom. The highest BCUT2D eigenvalue weighted by molar-refractivity contribution is 6.05. The van der Waals surface area contributed by atoms with Gasteiger partial charge in [-0.1, -0.05) is 29.8 Å². The van der Waals surface area contributed by atoms with Gasteiger partial charge in [-0.05, 0) is 55.7 Å². The number of anilines is 1. The van der Waals surface area contributed by atoms with Gasteiger partial charge in [-0.25, -0.2) is 0 Å². The highest BCUT2D eigenvalue weighted by Gasteiger charge is 2.21. The number of rotatable bonds is 4. The normalized spacial score (nSPS) is 13.9. The summed E-state index contributed by atoms with van der Waals surface area (Å²) in [5.41, 5.74) is 3.08. The van der Waals surface area contributed by atoms with Crippen molar-refractivity contribution in [2.24, 2.45) is 0 Å². The van der Waals surface area contributed by atoms with Crippen molar-refractivity contribution in [2.75, 3.05) is 18.4 Å². The molecule has 2 aromatic carbocycles. The molecular weight excluding hydrogens is 338 g/mol. The van der Waals surface area contributed by atoms with E-state index >= 15 is 0 Å². The highest BCUT2D eigenvalue weighted by Crippen LogP contribution is 2.17. The van der Waals surface area contributed by atoms with Crippen LogP contribution in [0.25, 0.3) is 6.08 Å². The molecule has 1 aliphatic heterocycles. The van der Waals surface area contributed by atoms with Crippen molar-refractivity contribution in [1.82, 2.24) is 4.90 Å². The van der Waals surface area contributed by atoms with Crippen molar-refractivity contribution in [2.45, 2.75) is 19.8 Å². The van der Waals surface area contributed by atoms with Crippen LogP contribution in [0.2, 0.25) is 0 Å². The second-order valence-electron chi connectivity index (χ2n) is 6.61. The van der Waals surface area contributed by atoms with Gasteiger partial charge in [-0.3, -0.25) is 9.59 Å². The van der Waals surface area contributed by atoms with Gasteiger partial charge in [0.2, 0.25) is 0 Å². The van der Waals surface area contributed by atoms with Crippen LogP contribution in [-0.2, 0) is 4.79 Å². The topological polar surface area (TPSA) is 73.2 Å². The molecule has 2 aromatic rings. The van der Waals surface area contributed by atoms with Crippen molar-refractivity contribution in [1.29, 1.82) is 5.26 Å². The zero-order valence-electron chi connectivity index (χ0n) is 15.2. The number of benzene rings is 2. The quantitative estimate of drug-likeness (QED) is 0.667. The number of hydrogen-bond donors (Lipinski definition) is 1. The van der Waals surface area contributed by atoms with Crippen LogP contribution in [-0.4, -0.2) is 29.8 Å². The number of amides is 2. The summed E-state index contributed by atoms with van der Waals surface area (Å²) in [6.45, 7) is 3.36. The van der Waals surface area contributed by atoms with Crippen LogP contribution in [0, 0.1) is 18.3 Å². The van der Waals surface area contributed by atoms with Crippen molar-refractivity contribution in [3.8, 4) is 6.07 Å². The number of hydrogen-bond acceptors (Lipinski definition) is 3. The van der Waals surface area contributed by atoms with Gasteiger partial charge in [0.15, 0.2) is 0 Å². The standard InChI is InChI=1S/C22H21N3O2/c1-16-7-9-18(10-8-16)21(26)24-20-6-4-5-17(14-20)13-19(15-23)22(27)25-11-2-3-12-25/h4-10,13-14H,2-3,11-12H2,1H3,(H,24,26)/b19-13+. The Morgan fingerprint density at radius 3 is 2.48 bits per heavy atom. The van der Waals surface area contributed by atoms with E-state index < -0.39 is 0 Å². The summed E-state index contributed by atoms with van der Waals surface area (Å²) in [5.74, 6) is -0.436. The first-order valence-corrected chi connectivity index (χ1v) is 8.96. The smallest absolute Gasteiger partial charge is 0.264 e. The van der Waals surface area contributed by atoms with E-state index in [1.54, 1.807) is 47.4 Å². The fourth-order valence-corrected chi connectivity index (χ4v) is 3.01. The largest absolute Gasteiger partial charge is 0.338 e. The zero-order valence-corrected chi connectivity index (χ0v) is 15.2. The van der Waals surface area contributed by atoms with Crippen LogP contribution >= 0.6 is 0 Å². The van der Waals surface area contributed by atoms with Gasteiger partial charge in [0.25, 0.3) is 11.8 Å². The van der Waals surface area contributed by atoms with Gasteiger partial charge < -0.3 is 10.2 Å². The van der Waals surface area contributed by atoms with Gasteiger partial charge in [0.1, 0.15) is 11.6 Å². The lowest BCUT2D eigenvalue weighted by Gasteiger charge is -2.14. The molecule has 1 aliphatic rings. The maximum Gasteiger partial charge on any atom is 0.264 e. The molecule has 0 atom stereocenters. The Hall–Kier alpha value is -3.39. The fraction of sp³-hybridized carbons (Fsp3) is 0.227. The Kier molecular flexibility index (Phi) is 5.68. The van der Waals surface area contributed by atoms with Gasteiger partial charge in [0.05, 0.1) is 0 Å². The van der Waals surface area contributed by atoms with E-state index in [1.807, 2.05) is 25.1 Å². The van der Waals surface area contributed by atoms with Gasteiger partial charge >= 0.3 is 0 Å². The minimum atomic E-state index is -0.232. The summed E-state index contributed by atoms with van der Waals surface area (Å²) in [6, 6.07) is 16.4. The van der Waals surface area contributed by atoms with Crippen LogP contribution in [0.4, 0.5) is 5.69 Å². The Bertz CT molecular complexity index is 917. The lowest BCUT2D eigenvalue weighted by molar-refractivity contribution is -0.125. The number of carbonyl (C=O) groups excluding carboxylic acids is 2. The molecule has 1 N–H and O–H groups in total. The molecule has 136 valence electrons. The van der Waals surface area contributed by atoms with Crippen molar-refractivity contribution in [3.63, 3.8) is 0 Å². The Balaban J connectivity index is 1.76. The molecule has 27 heavy (non-hydrogen) atoms. The minimum absolute atomic E-state index is 0.110. The molecule has 0 aromatic heterocycles. The molecule has 0 aliphatic carbocycles. The minimum Gasteiger partial charge on any atom is -0.338 e. The predicted octanol–water partition coefficient (Wildman–Crippen LogP) is 3.78. The summed E-state index contributed by atoms with van der Waals surface area (Å²) >= 11 is 0.